The molecule has 1 atom stereocenters. The van der Waals surface area contributed by atoms with Crippen LogP contribution >= 0.6 is 0 Å². The number of piperazine rings is 1. The van der Waals surface area contributed by atoms with E-state index in [1.165, 1.54) is 24.9 Å². The molecule has 0 aromatic carbocycles. The molecule has 0 spiro atoms. The highest BCUT2D eigenvalue weighted by Gasteiger charge is 2.33. The summed E-state index contributed by atoms with van der Waals surface area (Å²) < 4.78 is 6.12. The molecule has 0 aliphatic carbocycles. The minimum absolute atomic E-state index is 0.524. The molecule has 132 valence electrons. The number of piperidine rings is 1. The molecule has 3 aliphatic heterocycles. The lowest BCUT2D eigenvalue weighted by Crippen LogP contribution is -2.55. The first-order valence-electron chi connectivity index (χ1n) is 9.61. The number of ether oxygens (including phenoxy) is 1. The molecule has 2 fully saturated rings. The zero-order valence-electron chi connectivity index (χ0n) is 15.1. The monoisotopic (exact) mass is 330 g/mol. The average Bonchev–Trinajstić information content (AvgIpc) is 2.80. The number of nitrogens with zero attached hydrogens (tertiary/aromatic N) is 4. The largest absolute Gasteiger partial charge is 0.490 e. The second kappa shape index (κ2) is 6.79. The summed E-state index contributed by atoms with van der Waals surface area (Å²) in [4.78, 5) is 12.4. The van der Waals surface area contributed by atoms with E-state index in [1.54, 1.807) is 0 Å². The average molecular weight is 330 g/mol. The summed E-state index contributed by atoms with van der Waals surface area (Å²) in [6, 6.07) is 3.37. The molecule has 5 heteroatoms. The molecule has 24 heavy (non-hydrogen) atoms. The highest BCUT2D eigenvalue weighted by Crippen LogP contribution is 2.36. The highest BCUT2D eigenvalue weighted by atomic mass is 16.5. The van der Waals surface area contributed by atoms with Crippen molar-refractivity contribution in [3.8, 4) is 5.75 Å². The van der Waals surface area contributed by atoms with E-state index in [0.717, 1.165) is 57.3 Å². The number of aromatic nitrogens is 1. The molecule has 4 heterocycles. The Morgan fingerprint density at radius 2 is 1.96 bits per heavy atom. The Morgan fingerprint density at radius 3 is 2.75 bits per heavy atom. The zero-order chi connectivity index (χ0) is 16.5. The van der Waals surface area contributed by atoms with Gasteiger partial charge < -0.3 is 14.5 Å². The Hall–Kier alpha value is -1.49. The van der Waals surface area contributed by atoms with Crippen molar-refractivity contribution in [1.82, 2.24) is 9.88 Å². The van der Waals surface area contributed by atoms with Crippen LogP contribution < -0.4 is 14.5 Å². The van der Waals surface area contributed by atoms with Crippen LogP contribution in [0.2, 0.25) is 0 Å². The first-order valence-corrected chi connectivity index (χ1v) is 9.61. The Labute approximate surface area is 145 Å². The van der Waals surface area contributed by atoms with Gasteiger partial charge in [0.2, 0.25) is 0 Å². The van der Waals surface area contributed by atoms with Gasteiger partial charge in [0.15, 0.2) is 11.6 Å². The van der Waals surface area contributed by atoms with Gasteiger partial charge in [-0.3, -0.25) is 4.90 Å². The second-order valence-corrected chi connectivity index (χ2v) is 7.64. The fourth-order valence-electron chi connectivity index (χ4n) is 4.25. The van der Waals surface area contributed by atoms with Crippen LogP contribution in [0.4, 0.5) is 11.5 Å². The molecule has 1 aromatic heterocycles. The van der Waals surface area contributed by atoms with Gasteiger partial charge in [0, 0.05) is 57.3 Å². The molecule has 0 saturated carbocycles. The van der Waals surface area contributed by atoms with Crippen LogP contribution in [0.5, 0.6) is 5.75 Å². The predicted octanol–water partition coefficient (Wildman–Crippen LogP) is 2.75. The van der Waals surface area contributed by atoms with Gasteiger partial charge in [-0.05, 0) is 33.1 Å². The Bertz CT molecular complexity index is 570. The first kappa shape index (κ1) is 16.0. The number of anilines is 2. The summed E-state index contributed by atoms with van der Waals surface area (Å²) in [7, 11) is 0. The molecule has 0 amide bonds. The first-order chi connectivity index (χ1) is 11.7. The molecule has 3 aliphatic rings. The van der Waals surface area contributed by atoms with Crippen LogP contribution in [-0.4, -0.2) is 61.3 Å². The van der Waals surface area contributed by atoms with Crippen LogP contribution in [0.25, 0.3) is 0 Å². The van der Waals surface area contributed by atoms with E-state index in [1.807, 2.05) is 0 Å². The fourth-order valence-corrected chi connectivity index (χ4v) is 4.25. The second-order valence-electron chi connectivity index (χ2n) is 7.64. The molecule has 0 radical (unpaired) electrons. The van der Waals surface area contributed by atoms with Crippen molar-refractivity contribution < 1.29 is 4.74 Å². The molecule has 1 aromatic rings. The smallest absolute Gasteiger partial charge is 0.171 e. The number of fused-ring (bicyclic) bond motifs is 3. The maximum atomic E-state index is 6.12. The maximum absolute atomic E-state index is 6.12. The Kier molecular flexibility index (Phi) is 4.53. The van der Waals surface area contributed by atoms with Gasteiger partial charge in [-0.25, -0.2) is 4.98 Å². The van der Waals surface area contributed by atoms with Gasteiger partial charge in [-0.1, -0.05) is 0 Å². The molecule has 0 bridgehead atoms. The van der Waals surface area contributed by atoms with E-state index >= 15 is 0 Å². The summed E-state index contributed by atoms with van der Waals surface area (Å²) in [5.41, 5.74) is 1.23. The van der Waals surface area contributed by atoms with Crippen molar-refractivity contribution >= 4 is 11.5 Å². The van der Waals surface area contributed by atoms with E-state index in [2.05, 4.69) is 40.8 Å². The number of hydrogen-bond donors (Lipinski definition) is 0. The van der Waals surface area contributed by atoms with Crippen molar-refractivity contribution in [3.05, 3.63) is 12.3 Å². The van der Waals surface area contributed by atoms with Crippen LogP contribution in [0.15, 0.2) is 12.3 Å². The van der Waals surface area contributed by atoms with Crippen molar-refractivity contribution in [2.24, 2.45) is 0 Å². The molecule has 4 rings (SSSR count). The van der Waals surface area contributed by atoms with Crippen LogP contribution in [-0.2, 0) is 0 Å². The minimum Gasteiger partial charge on any atom is -0.490 e. The summed E-state index contributed by atoms with van der Waals surface area (Å²) in [6.45, 7) is 11.0. The Balaban J connectivity index is 1.56. The molecule has 5 nitrogen and oxygen atoms in total. The standard InChI is InChI=1S/C19H30N4O/c1-15(2)22-9-10-23-16(14-22)6-11-24-18-12-17(13-20-19(18)23)21-7-4-3-5-8-21/h12-13,15-16H,3-11,14H2,1-2H3/t16-/m1/s1. The quantitative estimate of drug-likeness (QED) is 0.832. The maximum Gasteiger partial charge on any atom is 0.171 e. The van der Waals surface area contributed by atoms with Crippen molar-refractivity contribution in [2.75, 3.05) is 49.1 Å². The number of hydrogen-bond acceptors (Lipinski definition) is 5. The molecular weight excluding hydrogens is 300 g/mol. The molecule has 0 N–H and O–H groups in total. The van der Waals surface area contributed by atoms with Gasteiger partial charge in [0.1, 0.15) is 0 Å². The van der Waals surface area contributed by atoms with Gasteiger partial charge in [-0.15, -0.1) is 0 Å². The number of pyridine rings is 1. The number of rotatable bonds is 2. The van der Waals surface area contributed by atoms with Crippen LogP contribution in [0.1, 0.15) is 39.5 Å². The summed E-state index contributed by atoms with van der Waals surface area (Å²) in [6.07, 6.45) is 7.07. The van der Waals surface area contributed by atoms with Crippen LogP contribution in [0, 0.1) is 0 Å². The topological polar surface area (TPSA) is 31.8 Å². The molecule has 2 saturated heterocycles. The van der Waals surface area contributed by atoms with E-state index in [-0.39, 0.29) is 0 Å². The van der Waals surface area contributed by atoms with E-state index in [0.29, 0.717) is 12.1 Å². The SMILES string of the molecule is CC(C)N1CCN2c3ncc(N4CCCCC4)cc3OCC[C@@H]2C1. The van der Waals surface area contributed by atoms with Crippen molar-refractivity contribution in [2.45, 2.75) is 51.6 Å². The van der Waals surface area contributed by atoms with E-state index in [9.17, 15) is 0 Å². The van der Waals surface area contributed by atoms with Crippen molar-refractivity contribution in [3.63, 3.8) is 0 Å². The van der Waals surface area contributed by atoms with Gasteiger partial charge in [0.05, 0.1) is 18.5 Å². The predicted molar refractivity (Wildman–Crippen MR) is 98.3 cm³/mol. The fraction of sp³-hybridized carbons (Fsp3) is 0.737. The van der Waals surface area contributed by atoms with Gasteiger partial charge in [-0.2, -0.15) is 0 Å². The summed E-state index contributed by atoms with van der Waals surface area (Å²) in [5, 5.41) is 0. The Morgan fingerprint density at radius 1 is 1.12 bits per heavy atom. The summed E-state index contributed by atoms with van der Waals surface area (Å²) >= 11 is 0. The molecule has 0 unspecified atom stereocenters. The lowest BCUT2D eigenvalue weighted by molar-refractivity contribution is 0.172. The highest BCUT2D eigenvalue weighted by molar-refractivity contribution is 5.61. The van der Waals surface area contributed by atoms with Crippen LogP contribution in [0.3, 0.4) is 0 Å². The third kappa shape index (κ3) is 3.06. The van der Waals surface area contributed by atoms with Gasteiger partial charge in [0.25, 0.3) is 0 Å². The molecular formula is C19H30N4O. The third-order valence-electron chi connectivity index (χ3n) is 5.76. The third-order valence-corrected chi connectivity index (χ3v) is 5.76. The lowest BCUT2D eigenvalue weighted by Gasteiger charge is -2.42. The minimum atomic E-state index is 0.524. The van der Waals surface area contributed by atoms with Gasteiger partial charge >= 0.3 is 0 Å². The van der Waals surface area contributed by atoms with Crippen molar-refractivity contribution in [1.29, 1.82) is 0 Å². The van der Waals surface area contributed by atoms with E-state index < -0.39 is 0 Å². The van der Waals surface area contributed by atoms with E-state index in [4.69, 9.17) is 9.72 Å². The normalized spacial score (nSPS) is 25.0. The zero-order valence-corrected chi connectivity index (χ0v) is 15.1. The lowest BCUT2D eigenvalue weighted by atomic mass is 10.1. The summed E-state index contributed by atoms with van der Waals surface area (Å²) in [5.74, 6) is 2.04.